The van der Waals surface area contributed by atoms with Crippen molar-refractivity contribution in [1.82, 2.24) is 0 Å². The van der Waals surface area contributed by atoms with Crippen molar-refractivity contribution in [1.29, 1.82) is 5.26 Å². The van der Waals surface area contributed by atoms with Gasteiger partial charge in [-0.1, -0.05) is 0 Å². The lowest BCUT2D eigenvalue weighted by Crippen LogP contribution is -2.03. The van der Waals surface area contributed by atoms with E-state index in [-0.39, 0.29) is 11.5 Å². The van der Waals surface area contributed by atoms with Gasteiger partial charge in [0.25, 0.3) is 0 Å². The zero-order valence-electron chi connectivity index (χ0n) is 12.8. The van der Waals surface area contributed by atoms with Crippen LogP contribution in [0.15, 0.2) is 33.5 Å². The van der Waals surface area contributed by atoms with Crippen LogP contribution in [0.3, 0.4) is 0 Å². The van der Waals surface area contributed by atoms with E-state index in [9.17, 15) is 9.59 Å². The summed E-state index contributed by atoms with van der Waals surface area (Å²) in [5.41, 5.74) is -0.283. The largest absolute Gasteiger partial charge is 0.493 e. The first-order valence-electron chi connectivity index (χ1n) is 7.31. The van der Waals surface area contributed by atoms with Crippen LogP contribution in [0.2, 0.25) is 0 Å². The molecule has 23 heavy (non-hydrogen) atoms. The summed E-state index contributed by atoms with van der Waals surface area (Å²) < 4.78 is 15.3. The molecule has 0 aliphatic rings. The number of hydrogen-bond acceptors (Lipinski definition) is 6. The Labute approximate surface area is 133 Å². The summed E-state index contributed by atoms with van der Waals surface area (Å²) in [7, 11) is 1.38. The van der Waals surface area contributed by atoms with Gasteiger partial charge in [-0.25, -0.2) is 4.79 Å². The molecule has 1 heterocycles. The van der Waals surface area contributed by atoms with Crippen molar-refractivity contribution < 1.29 is 18.7 Å². The third kappa shape index (κ3) is 4.58. The number of methoxy groups -OCH3 is 1. The molecule has 2 aromatic rings. The molecule has 0 fully saturated rings. The Morgan fingerprint density at radius 1 is 1.26 bits per heavy atom. The summed E-state index contributed by atoms with van der Waals surface area (Å²) in [6.07, 6.45) is 2.86. The summed E-state index contributed by atoms with van der Waals surface area (Å²) in [5, 5.41) is 9.48. The molecule has 6 nitrogen and oxygen atoms in total. The maximum Gasteiger partial charge on any atom is 0.354 e. The molecule has 0 aliphatic carbocycles. The third-order valence-corrected chi connectivity index (χ3v) is 3.35. The lowest BCUT2D eigenvalue weighted by Gasteiger charge is -2.06. The molecular formula is C17H17NO5. The maximum atomic E-state index is 11.5. The first kappa shape index (κ1) is 16.6. The fourth-order valence-electron chi connectivity index (χ4n) is 2.10. The monoisotopic (exact) mass is 315 g/mol. The second-order valence-electron chi connectivity index (χ2n) is 4.99. The van der Waals surface area contributed by atoms with Crippen LogP contribution in [0.4, 0.5) is 0 Å². The van der Waals surface area contributed by atoms with E-state index in [0.29, 0.717) is 29.7 Å². The van der Waals surface area contributed by atoms with E-state index in [4.69, 9.17) is 14.4 Å². The minimum atomic E-state index is -0.653. The second-order valence-corrected chi connectivity index (χ2v) is 4.99. The number of esters is 1. The molecule has 6 heteroatoms. The molecule has 0 saturated carbocycles. The lowest BCUT2D eigenvalue weighted by molar-refractivity contribution is -0.140. The molecule has 2 rings (SSSR count). The molecule has 0 aliphatic heterocycles. The van der Waals surface area contributed by atoms with Crippen LogP contribution < -0.4 is 10.4 Å². The highest BCUT2D eigenvalue weighted by molar-refractivity contribution is 5.79. The van der Waals surface area contributed by atoms with Crippen LogP contribution in [-0.4, -0.2) is 19.7 Å². The zero-order valence-corrected chi connectivity index (χ0v) is 12.8. The van der Waals surface area contributed by atoms with Gasteiger partial charge in [0, 0.05) is 17.9 Å². The van der Waals surface area contributed by atoms with Gasteiger partial charge in [-0.2, -0.15) is 5.26 Å². The van der Waals surface area contributed by atoms with Crippen molar-refractivity contribution in [2.24, 2.45) is 0 Å². The number of fused-ring (bicyclic) bond motifs is 1. The van der Waals surface area contributed by atoms with Gasteiger partial charge in [0.15, 0.2) is 0 Å². The minimum absolute atomic E-state index is 0.0169. The van der Waals surface area contributed by atoms with Gasteiger partial charge in [-0.15, -0.1) is 0 Å². The van der Waals surface area contributed by atoms with Crippen molar-refractivity contribution in [3.05, 3.63) is 40.2 Å². The molecule has 0 unspecified atom stereocenters. The van der Waals surface area contributed by atoms with Crippen molar-refractivity contribution in [2.45, 2.75) is 25.7 Å². The summed E-state index contributed by atoms with van der Waals surface area (Å²) in [4.78, 5) is 22.5. The smallest absolute Gasteiger partial charge is 0.354 e. The molecule has 0 N–H and O–H groups in total. The number of benzene rings is 1. The summed E-state index contributed by atoms with van der Waals surface area (Å²) in [6.45, 7) is 0.507. The molecule has 1 aromatic heterocycles. The number of nitrogens with zero attached hydrogens (tertiary/aromatic N) is 1. The average molecular weight is 315 g/mol. The van der Waals surface area contributed by atoms with Crippen molar-refractivity contribution in [3.63, 3.8) is 0 Å². The van der Waals surface area contributed by atoms with E-state index in [1.165, 1.54) is 13.2 Å². The van der Waals surface area contributed by atoms with Gasteiger partial charge in [-0.05, 0) is 37.5 Å². The number of rotatable bonds is 7. The van der Waals surface area contributed by atoms with Crippen LogP contribution in [0, 0.1) is 11.3 Å². The Morgan fingerprint density at radius 2 is 2.09 bits per heavy atom. The van der Waals surface area contributed by atoms with E-state index >= 15 is 0 Å². The fraction of sp³-hybridized carbons (Fsp3) is 0.353. The van der Waals surface area contributed by atoms with Crippen molar-refractivity contribution in [3.8, 4) is 11.8 Å². The van der Waals surface area contributed by atoms with Crippen molar-refractivity contribution in [2.75, 3.05) is 13.7 Å². The standard InChI is InChI=1S/C17H17NO5/c1-21-16(19)5-3-2-4-8-22-14-7-6-12-9-13(11-18)17(20)23-15(12)10-14/h6-7,9-10H,2-5,8H2,1H3. The third-order valence-electron chi connectivity index (χ3n) is 3.35. The van der Waals surface area contributed by atoms with Crippen LogP contribution in [0.25, 0.3) is 11.0 Å². The van der Waals surface area contributed by atoms with E-state index in [0.717, 1.165) is 19.3 Å². The Kier molecular flexibility index (Phi) is 5.75. The van der Waals surface area contributed by atoms with E-state index in [2.05, 4.69) is 4.74 Å². The zero-order chi connectivity index (χ0) is 16.7. The number of ether oxygens (including phenoxy) is 2. The van der Waals surface area contributed by atoms with E-state index in [1.54, 1.807) is 24.3 Å². The van der Waals surface area contributed by atoms with Gasteiger partial charge in [-0.3, -0.25) is 4.79 Å². The topological polar surface area (TPSA) is 89.5 Å². The van der Waals surface area contributed by atoms with Crippen LogP contribution >= 0.6 is 0 Å². The molecule has 0 saturated heterocycles. The number of carbonyl (C=O) groups excluding carboxylic acids is 1. The summed E-state index contributed by atoms with van der Waals surface area (Å²) in [6, 6.07) is 8.43. The minimum Gasteiger partial charge on any atom is -0.493 e. The Balaban J connectivity index is 1.88. The SMILES string of the molecule is COC(=O)CCCCCOc1ccc2cc(C#N)c(=O)oc2c1. The highest BCUT2D eigenvalue weighted by atomic mass is 16.5. The summed E-state index contributed by atoms with van der Waals surface area (Å²) in [5.74, 6) is 0.394. The highest BCUT2D eigenvalue weighted by Gasteiger charge is 2.06. The molecule has 0 radical (unpaired) electrons. The van der Waals surface area contributed by atoms with Crippen LogP contribution in [0.5, 0.6) is 5.75 Å². The normalized spacial score (nSPS) is 10.3. The average Bonchev–Trinajstić information content (AvgIpc) is 2.56. The molecule has 0 amide bonds. The first-order chi connectivity index (χ1) is 11.1. The molecular weight excluding hydrogens is 298 g/mol. The highest BCUT2D eigenvalue weighted by Crippen LogP contribution is 2.20. The Morgan fingerprint density at radius 3 is 2.83 bits per heavy atom. The molecule has 120 valence electrons. The van der Waals surface area contributed by atoms with Gasteiger partial charge >= 0.3 is 11.6 Å². The Hall–Kier alpha value is -2.81. The molecule has 1 aromatic carbocycles. The molecule has 0 spiro atoms. The van der Waals surface area contributed by atoms with Crippen molar-refractivity contribution >= 4 is 16.9 Å². The van der Waals surface area contributed by atoms with Gasteiger partial charge < -0.3 is 13.9 Å². The van der Waals surface area contributed by atoms with E-state index in [1.807, 2.05) is 0 Å². The number of hydrogen-bond donors (Lipinski definition) is 0. The number of unbranched alkanes of at least 4 members (excludes halogenated alkanes) is 2. The second kappa shape index (κ2) is 7.99. The van der Waals surface area contributed by atoms with Crippen LogP contribution in [0.1, 0.15) is 31.2 Å². The molecule has 0 atom stereocenters. The summed E-state index contributed by atoms with van der Waals surface area (Å²) >= 11 is 0. The first-order valence-corrected chi connectivity index (χ1v) is 7.31. The predicted octanol–water partition coefficient (Wildman–Crippen LogP) is 2.78. The quantitative estimate of drug-likeness (QED) is 0.443. The number of carbonyl (C=O) groups is 1. The maximum absolute atomic E-state index is 11.5. The van der Waals surface area contributed by atoms with Gasteiger partial charge in [0.1, 0.15) is 23.0 Å². The van der Waals surface area contributed by atoms with Gasteiger partial charge in [0.05, 0.1) is 13.7 Å². The van der Waals surface area contributed by atoms with Gasteiger partial charge in [0.2, 0.25) is 0 Å². The van der Waals surface area contributed by atoms with Crippen LogP contribution in [-0.2, 0) is 9.53 Å². The Bertz CT molecular complexity index is 788. The lowest BCUT2D eigenvalue weighted by atomic mass is 10.2. The molecule has 0 bridgehead atoms. The fourth-order valence-corrected chi connectivity index (χ4v) is 2.10. The van der Waals surface area contributed by atoms with E-state index < -0.39 is 5.63 Å². The number of nitriles is 1. The predicted molar refractivity (Wildman–Crippen MR) is 83.2 cm³/mol.